The average molecular weight is 451 g/mol. The van der Waals surface area contributed by atoms with E-state index in [-0.39, 0.29) is 11.9 Å². The fraction of sp³-hybridized carbons (Fsp3) is 0.400. The summed E-state index contributed by atoms with van der Waals surface area (Å²) >= 11 is 1.47. The number of aromatic nitrogens is 2. The van der Waals surface area contributed by atoms with Crippen LogP contribution < -0.4 is 5.32 Å². The standard InChI is InChI=1S/C25H30N4O2S/c1-3-19-8-10-20(11-9-19)18(2)26-24(30)17-32-25-21-6-4-5-7-22(21)27-23(28-25)16-29-12-14-31-15-13-29/h4-11,18H,3,12-17H2,1-2H3,(H,26,30)/t18-/m1/s1. The van der Waals surface area contributed by atoms with Crippen LogP contribution in [-0.2, 0) is 22.5 Å². The molecule has 1 aromatic heterocycles. The molecule has 1 atom stereocenters. The number of aryl methyl sites for hydroxylation is 1. The smallest absolute Gasteiger partial charge is 0.230 e. The highest BCUT2D eigenvalue weighted by Crippen LogP contribution is 2.26. The molecule has 7 heteroatoms. The number of nitrogens with zero attached hydrogens (tertiary/aromatic N) is 3. The summed E-state index contributed by atoms with van der Waals surface area (Å²) in [7, 11) is 0. The van der Waals surface area contributed by atoms with Crippen molar-refractivity contribution in [1.82, 2.24) is 20.2 Å². The van der Waals surface area contributed by atoms with Crippen molar-refractivity contribution < 1.29 is 9.53 Å². The number of carbonyl (C=O) groups is 1. The lowest BCUT2D eigenvalue weighted by atomic mass is 10.1. The van der Waals surface area contributed by atoms with Gasteiger partial charge in [0.2, 0.25) is 5.91 Å². The van der Waals surface area contributed by atoms with Gasteiger partial charge in [-0.05, 0) is 30.5 Å². The third kappa shape index (κ3) is 5.85. The molecule has 1 saturated heterocycles. The predicted octanol–water partition coefficient (Wildman–Crippen LogP) is 3.99. The van der Waals surface area contributed by atoms with Crippen LogP contribution in [0.4, 0.5) is 0 Å². The Morgan fingerprint density at radius 1 is 1.12 bits per heavy atom. The van der Waals surface area contributed by atoms with Gasteiger partial charge in [0.05, 0.1) is 37.1 Å². The normalized spacial score (nSPS) is 15.6. The minimum Gasteiger partial charge on any atom is -0.379 e. The lowest BCUT2D eigenvalue weighted by Crippen LogP contribution is -2.36. The number of rotatable bonds is 8. The maximum Gasteiger partial charge on any atom is 0.230 e. The topological polar surface area (TPSA) is 67.4 Å². The quantitative estimate of drug-likeness (QED) is 0.413. The number of amides is 1. The number of fused-ring (bicyclic) bond motifs is 1. The molecular weight excluding hydrogens is 420 g/mol. The van der Waals surface area contributed by atoms with E-state index in [1.807, 2.05) is 31.2 Å². The van der Waals surface area contributed by atoms with Crippen LogP contribution in [0.25, 0.3) is 10.9 Å². The lowest BCUT2D eigenvalue weighted by molar-refractivity contribution is -0.119. The molecule has 1 N–H and O–H groups in total. The Morgan fingerprint density at radius 2 is 1.88 bits per heavy atom. The van der Waals surface area contributed by atoms with E-state index in [0.29, 0.717) is 12.3 Å². The second-order valence-corrected chi connectivity index (χ2v) is 8.99. The van der Waals surface area contributed by atoms with Crippen molar-refractivity contribution in [2.24, 2.45) is 0 Å². The molecule has 1 aliphatic heterocycles. The van der Waals surface area contributed by atoms with Crippen LogP contribution in [0.5, 0.6) is 0 Å². The van der Waals surface area contributed by atoms with E-state index in [4.69, 9.17) is 14.7 Å². The first-order chi connectivity index (χ1) is 15.6. The Morgan fingerprint density at radius 3 is 2.62 bits per heavy atom. The average Bonchev–Trinajstić information content (AvgIpc) is 2.83. The van der Waals surface area contributed by atoms with Crippen LogP contribution >= 0.6 is 11.8 Å². The summed E-state index contributed by atoms with van der Waals surface area (Å²) in [6, 6.07) is 16.4. The molecule has 1 fully saturated rings. The first-order valence-corrected chi connectivity index (χ1v) is 12.2. The first-order valence-electron chi connectivity index (χ1n) is 11.2. The van der Waals surface area contributed by atoms with Crippen LogP contribution in [0.3, 0.4) is 0 Å². The molecule has 6 nitrogen and oxygen atoms in total. The van der Waals surface area contributed by atoms with Gasteiger partial charge in [-0.3, -0.25) is 9.69 Å². The van der Waals surface area contributed by atoms with Crippen LogP contribution in [-0.4, -0.2) is 52.8 Å². The van der Waals surface area contributed by atoms with Crippen molar-refractivity contribution in [3.63, 3.8) is 0 Å². The van der Waals surface area contributed by atoms with E-state index >= 15 is 0 Å². The molecule has 0 aliphatic carbocycles. The molecule has 32 heavy (non-hydrogen) atoms. The van der Waals surface area contributed by atoms with Gasteiger partial charge in [0.25, 0.3) is 0 Å². The number of benzene rings is 2. The molecule has 0 unspecified atom stereocenters. The highest BCUT2D eigenvalue weighted by atomic mass is 32.2. The second kappa shape index (κ2) is 10.9. The molecule has 168 valence electrons. The fourth-order valence-electron chi connectivity index (χ4n) is 3.78. The Bertz CT molecular complexity index is 1050. The van der Waals surface area contributed by atoms with Crippen molar-refractivity contribution in [3.05, 3.63) is 65.5 Å². The summed E-state index contributed by atoms with van der Waals surface area (Å²) in [6.07, 6.45) is 1.01. The van der Waals surface area contributed by atoms with Gasteiger partial charge in [0, 0.05) is 18.5 Å². The van der Waals surface area contributed by atoms with Gasteiger partial charge < -0.3 is 10.1 Å². The Labute approximate surface area is 193 Å². The highest BCUT2D eigenvalue weighted by molar-refractivity contribution is 8.00. The Balaban J connectivity index is 1.42. The molecular formula is C25H30N4O2S. The number of hydrogen-bond acceptors (Lipinski definition) is 6. The van der Waals surface area contributed by atoms with Gasteiger partial charge in [0.1, 0.15) is 10.9 Å². The van der Waals surface area contributed by atoms with Crippen molar-refractivity contribution in [3.8, 4) is 0 Å². The molecule has 0 saturated carbocycles. The molecule has 4 rings (SSSR count). The van der Waals surface area contributed by atoms with E-state index in [0.717, 1.165) is 60.0 Å². The van der Waals surface area contributed by atoms with Gasteiger partial charge in [-0.15, -0.1) is 0 Å². The van der Waals surface area contributed by atoms with Crippen LogP contribution in [0.15, 0.2) is 53.6 Å². The summed E-state index contributed by atoms with van der Waals surface area (Å²) in [5, 5.41) is 4.95. The number of nitrogens with one attached hydrogen (secondary N) is 1. The van der Waals surface area contributed by atoms with Gasteiger partial charge in [-0.25, -0.2) is 9.97 Å². The monoisotopic (exact) mass is 450 g/mol. The zero-order valence-corrected chi connectivity index (χ0v) is 19.5. The number of ether oxygens (including phenoxy) is 1. The number of morpholine rings is 1. The third-order valence-electron chi connectivity index (χ3n) is 5.69. The van der Waals surface area contributed by atoms with Crippen LogP contribution in [0, 0.1) is 0 Å². The van der Waals surface area contributed by atoms with E-state index < -0.39 is 0 Å². The molecule has 0 bridgehead atoms. The molecule has 1 aliphatic rings. The summed E-state index contributed by atoms with van der Waals surface area (Å²) in [4.78, 5) is 24.5. The maximum absolute atomic E-state index is 12.7. The number of carbonyl (C=O) groups excluding carboxylic acids is 1. The van der Waals surface area contributed by atoms with Gasteiger partial charge >= 0.3 is 0 Å². The molecule has 1 amide bonds. The zero-order chi connectivity index (χ0) is 22.3. The maximum atomic E-state index is 12.7. The van der Waals surface area contributed by atoms with E-state index in [1.54, 1.807) is 0 Å². The minimum atomic E-state index is -0.0342. The Kier molecular flexibility index (Phi) is 7.73. The summed E-state index contributed by atoms with van der Waals surface area (Å²) in [5.74, 6) is 1.10. The Hall–Kier alpha value is -2.48. The SMILES string of the molecule is CCc1ccc([C@@H](C)NC(=O)CSc2nc(CN3CCOCC3)nc3ccccc23)cc1. The van der Waals surface area contributed by atoms with Crippen molar-refractivity contribution in [2.75, 3.05) is 32.1 Å². The van der Waals surface area contributed by atoms with E-state index in [9.17, 15) is 4.79 Å². The highest BCUT2D eigenvalue weighted by Gasteiger charge is 2.16. The predicted molar refractivity (Wildman–Crippen MR) is 129 cm³/mol. The van der Waals surface area contributed by atoms with Crippen molar-refractivity contribution >= 4 is 28.6 Å². The summed E-state index contributed by atoms with van der Waals surface area (Å²) in [6.45, 7) is 8.11. The molecule has 0 spiro atoms. The molecule has 2 heterocycles. The number of hydrogen-bond donors (Lipinski definition) is 1. The van der Waals surface area contributed by atoms with Crippen LogP contribution in [0.1, 0.15) is 36.8 Å². The van der Waals surface area contributed by atoms with Gasteiger partial charge in [-0.1, -0.05) is 61.2 Å². The molecule has 2 aromatic carbocycles. The van der Waals surface area contributed by atoms with Gasteiger partial charge in [0.15, 0.2) is 0 Å². The van der Waals surface area contributed by atoms with Crippen molar-refractivity contribution in [1.29, 1.82) is 0 Å². The van der Waals surface area contributed by atoms with Crippen LogP contribution in [0.2, 0.25) is 0 Å². The van der Waals surface area contributed by atoms with Gasteiger partial charge in [-0.2, -0.15) is 0 Å². The largest absolute Gasteiger partial charge is 0.379 e. The second-order valence-electron chi connectivity index (χ2n) is 8.02. The first kappa shape index (κ1) is 22.7. The zero-order valence-electron chi connectivity index (χ0n) is 18.7. The van der Waals surface area contributed by atoms with E-state index in [1.165, 1.54) is 17.3 Å². The van der Waals surface area contributed by atoms with E-state index in [2.05, 4.69) is 41.4 Å². The minimum absolute atomic E-state index is 0.000472. The molecule has 0 radical (unpaired) electrons. The lowest BCUT2D eigenvalue weighted by Gasteiger charge is -2.25. The fourth-order valence-corrected chi connectivity index (χ4v) is 4.63. The molecule has 3 aromatic rings. The number of thioether (sulfide) groups is 1. The number of para-hydroxylation sites is 1. The van der Waals surface area contributed by atoms with Crippen molar-refractivity contribution in [2.45, 2.75) is 37.9 Å². The third-order valence-corrected chi connectivity index (χ3v) is 6.68. The summed E-state index contributed by atoms with van der Waals surface area (Å²) < 4.78 is 5.44. The summed E-state index contributed by atoms with van der Waals surface area (Å²) in [5.41, 5.74) is 3.32.